The lowest BCUT2D eigenvalue weighted by Crippen LogP contribution is -2.51. The molecule has 8 heteroatoms. The van der Waals surface area contributed by atoms with Gasteiger partial charge in [-0.15, -0.1) is 0 Å². The van der Waals surface area contributed by atoms with Gasteiger partial charge in [-0.05, 0) is 55.7 Å². The average Bonchev–Trinajstić information content (AvgIpc) is 2.71. The Balaban J connectivity index is 1.74. The van der Waals surface area contributed by atoms with Crippen LogP contribution in [0.15, 0.2) is 42.5 Å². The number of para-hydroxylation sites is 2. The van der Waals surface area contributed by atoms with E-state index in [2.05, 4.69) is 5.32 Å². The summed E-state index contributed by atoms with van der Waals surface area (Å²) >= 11 is 0. The van der Waals surface area contributed by atoms with Gasteiger partial charge in [-0.2, -0.15) is 0 Å². The van der Waals surface area contributed by atoms with E-state index in [1.807, 2.05) is 44.2 Å². The molecule has 1 aliphatic heterocycles. The highest BCUT2D eigenvalue weighted by Gasteiger charge is 2.32. The first-order valence-corrected chi connectivity index (χ1v) is 11.8. The van der Waals surface area contributed by atoms with E-state index in [9.17, 15) is 13.2 Å². The van der Waals surface area contributed by atoms with Crippen LogP contribution in [0.4, 0.5) is 5.69 Å². The summed E-state index contributed by atoms with van der Waals surface area (Å²) in [6.07, 6.45) is 1.10. The number of carbonyl (C=O) groups is 1. The Morgan fingerprint density at radius 3 is 2.50 bits per heavy atom. The number of nitrogens with one attached hydrogen (secondary N) is 1. The normalized spacial score (nSPS) is 16.6. The monoisotopic (exact) mass is 432 g/mol. The van der Waals surface area contributed by atoms with E-state index in [0.717, 1.165) is 17.4 Å². The smallest absolute Gasteiger partial charge is 0.244 e. The Bertz CT molecular complexity index is 1020. The topological polar surface area (TPSA) is 84.9 Å². The van der Waals surface area contributed by atoms with E-state index in [1.165, 1.54) is 4.31 Å². The Morgan fingerprint density at radius 2 is 1.87 bits per heavy atom. The number of anilines is 1. The highest BCUT2D eigenvalue weighted by Crippen LogP contribution is 2.30. The van der Waals surface area contributed by atoms with Crippen LogP contribution in [-0.4, -0.2) is 45.9 Å². The van der Waals surface area contributed by atoms with Crippen LogP contribution in [0.25, 0.3) is 0 Å². The number of carbonyl (C=O) groups excluding carboxylic acids is 1. The van der Waals surface area contributed by atoms with E-state index < -0.39 is 16.1 Å². The van der Waals surface area contributed by atoms with Gasteiger partial charge in [-0.1, -0.05) is 25.1 Å². The van der Waals surface area contributed by atoms with Gasteiger partial charge < -0.3 is 14.8 Å². The molecular formula is C22H28N2O5S. The van der Waals surface area contributed by atoms with Crippen LogP contribution in [-0.2, 0) is 14.8 Å². The van der Waals surface area contributed by atoms with Crippen molar-refractivity contribution >= 4 is 21.6 Å². The first-order valence-electron chi connectivity index (χ1n) is 9.93. The molecule has 0 unspecified atom stereocenters. The summed E-state index contributed by atoms with van der Waals surface area (Å²) in [6, 6.07) is 11.9. The van der Waals surface area contributed by atoms with E-state index in [1.54, 1.807) is 19.1 Å². The lowest BCUT2D eigenvalue weighted by atomic mass is 10.1. The quantitative estimate of drug-likeness (QED) is 0.727. The van der Waals surface area contributed by atoms with E-state index >= 15 is 0 Å². The molecule has 0 bridgehead atoms. The van der Waals surface area contributed by atoms with Gasteiger partial charge in [0.05, 0.1) is 18.5 Å². The molecule has 2 atom stereocenters. The van der Waals surface area contributed by atoms with Crippen molar-refractivity contribution in [1.82, 2.24) is 5.32 Å². The zero-order valence-corrected chi connectivity index (χ0v) is 18.5. The van der Waals surface area contributed by atoms with Crippen LogP contribution in [0, 0.1) is 13.8 Å². The highest BCUT2D eigenvalue weighted by atomic mass is 32.2. The third kappa shape index (κ3) is 4.87. The number of aryl methyl sites for hydroxylation is 2. The van der Waals surface area contributed by atoms with Crippen LogP contribution < -0.4 is 19.1 Å². The van der Waals surface area contributed by atoms with Crippen LogP contribution >= 0.6 is 0 Å². The molecule has 30 heavy (non-hydrogen) atoms. The number of hydrogen-bond donors (Lipinski definition) is 1. The second-order valence-corrected chi connectivity index (χ2v) is 9.35. The summed E-state index contributed by atoms with van der Waals surface area (Å²) in [5, 5.41) is 2.83. The standard InChI is InChI=1S/C22H28N2O5S/c1-5-19(24(30(4,26)27)17-11-10-15(2)16(3)12-17)22(25)23-13-18-14-28-20-8-6-7-9-21(20)29-18/h6-12,18-19H,5,13-14H2,1-4H3,(H,23,25)/t18-,19+/m1/s1. The molecule has 0 radical (unpaired) electrons. The summed E-state index contributed by atoms with van der Waals surface area (Å²) in [4.78, 5) is 13.0. The van der Waals surface area contributed by atoms with E-state index in [0.29, 0.717) is 30.2 Å². The van der Waals surface area contributed by atoms with Crippen molar-refractivity contribution in [3.63, 3.8) is 0 Å². The third-order valence-electron chi connectivity index (χ3n) is 5.15. The number of hydrogen-bond acceptors (Lipinski definition) is 5. The van der Waals surface area contributed by atoms with Crippen molar-refractivity contribution in [2.45, 2.75) is 39.3 Å². The number of rotatable bonds is 7. The van der Waals surface area contributed by atoms with Gasteiger partial charge in [0.2, 0.25) is 15.9 Å². The SMILES string of the molecule is CC[C@@H](C(=O)NC[C@@H]1COc2ccccc2O1)N(c1ccc(C)c(C)c1)S(C)(=O)=O. The van der Waals surface area contributed by atoms with Crippen molar-refractivity contribution in [2.24, 2.45) is 0 Å². The maximum absolute atomic E-state index is 13.0. The molecule has 1 aliphatic rings. The Morgan fingerprint density at radius 1 is 1.17 bits per heavy atom. The summed E-state index contributed by atoms with van der Waals surface area (Å²) in [5.41, 5.74) is 2.50. The minimum absolute atomic E-state index is 0.216. The second-order valence-electron chi connectivity index (χ2n) is 7.49. The zero-order chi connectivity index (χ0) is 21.9. The molecule has 1 heterocycles. The number of fused-ring (bicyclic) bond motifs is 1. The summed E-state index contributed by atoms with van der Waals surface area (Å²) in [5.74, 6) is 0.927. The fourth-order valence-corrected chi connectivity index (χ4v) is 4.62. The van der Waals surface area contributed by atoms with Gasteiger partial charge in [-0.3, -0.25) is 9.10 Å². The van der Waals surface area contributed by atoms with Crippen molar-refractivity contribution < 1.29 is 22.7 Å². The fraction of sp³-hybridized carbons (Fsp3) is 0.409. The van der Waals surface area contributed by atoms with Crippen molar-refractivity contribution in [3.05, 3.63) is 53.6 Å². The van der Waals surface area contributed by atoms with Crippen LogP contribution in [0.1, 0.15) is 24.5 Å². The third-order valence-corrected chi connectivity index (χ3v) is 6.33. The first kappa shape index (κ1) is 22.0. The highest BCUT2D eigenvalue weighted by molar-refractivity contribution is 7.92. The Hall–Kier alpha value is -2.74. The molecule has 0 saturated carbocycles. The van der Waals surface area contributed by atoms with Crippen LogP contribution in [0.5, 0.6) is 11.5 Å². The molecule has 0 spiro atoms. The predicted molar refractivity (Wildman–Crippen MR) is 117 cm³/mol. The molecule has 7 nitrogen and oxygen atoms in total. The molecule has 2 aromatic rings. The number of nitrogens with zero attached hydrogens (tertiary/aromatic N) is 1. The summed E-state index contributed by atoms with van der Waals surface area (Å²) in [7, 11) is -3.67. The first-order chi connectivity index (χ1) is 14.2. The van der Waals surface area contributed by atoms with Crippen molar-refractivity contribution in [3.8, 4) is 11.5 Å². The maximum atomic E-state index is 13.0. The van der Waals surface area contributed by atoms with Gasteiger partial charge in [-0.25, -0.2) is 8.42 Å². The Labute approximate surface area is 178 Å². The summed E-state index contributed by atoms with van der Waals surface area (Å²) in [6.45, 7) is 6.19. The molecule has 1 N–H and O–H groups in total. The van der Waals surface area contributed by atoms with Crippen LogP contribution in [0.2, 0.25) is 0 Å². The van der Waals surface area contributed by atoms with Gasteiger partial charge in [0.15, 0.2) is 11.5 Å². The molecule has 0 aliphatic carbocycles. The largest absolute Gasteiger partial charge is 0.486 e. The molecule has 2 aromatic carbocycles. The minimum Gasteiger partial charge on any atom is -0.486 e. The van der Waals surface area contributed by atoms with Crippen molar-refractivity contribution in [1.29, 1.82) is 0 Å². The van der Waals surface area contributed by atoms with Crippen molar-refractivity contribution in [2.75, 3.05) is 23.7 Å². The van der Waals surface area contributed by atoms with Gasteiger partial charge >= 0.3 is 0 Å². The van der Waals surface area contributed by atoms with Gasteiger partial charge in [0.25, 0.3) is 0 Å². The maximum Gasteiger partial charge on any atom is 0.244 e. The molecule has 0 saturated heterocycles. The molecule has 162 valence electrons. The minimum atomic E-state index is -3.67. The zero-order valence-electron chi connectivity index (χ0n) is 17.7. The number of sulfonamides is 1. The predicted octanol–water partition coefficient (Wildman–Crippen LogP) is 2.80. The molecule has 0 fully saturated rings. The number of amides is 1. The molecule has 3 rings (SSSR count). The fourth-order valence-electron chi connectivity index (χ4n) is 3.42. The lowest BCUT2D eigenvalue weighted by molar-refractivity contribution is -0.122. The van der Waals surface area contributed by atoms with E-state index in [4.69, 9.17) is 9.47 Å². The Kier molecular flexibility index (Phi) is 6.55. The molecule has 0 aromatic heterocycles. The van der Waals surface area contributed by atoms with Gasteiger partial charge in [0.1, 0.15) is 18.8 Å². The lowest BCUT2D eigenvalue weighted by Gasteiger charge is -2.31. The van der Waals surface area contributed by atoms with Gasteiger partial charge in [0, 0.05) is 0 Å². The van der Waals surface area contributed by atoms with E-state index in [-0.39, 0.29) is 18.6 Å². The average molecular weight is 433 g/mol. The van der Waals surface area contributed by atoms with Crippen LogP contribution in [0.3, 0.4) is 0 Å². The molecule has 1 amide bonds. The summed E-state index contributed by atoms with van der Waals surface area (Å²) < 4.78 is 37.9. The second kappa shape index (κ2) is 8.95. The molecular weight excluding hydrogens is 404 g/mol. The number of benzene rings is 2. The number of ether oxygens (including phenoxy) is 2.